The summed E-state index contributed by atoms with van der Waals surface area (Å²) in [5.41, 5.74) is 11.9. The van der Waals surface area contributed by atoms with E-state index in [0.717, 1.165) is 0 Å². The number of carbonyl (C=O) groups is 4. The number of nitrogens with two attached hydrogens (primary N) is 2. The molecule has 0 aromatic carbocycles. The van der Waals surface area contributed by atoms with E-state index in [2.05, 4.69) is 25.9 Å². The van der Waals surface area contributed by atoms with Gasteiger partial charge >= 0.3 is 5.97 Å². The summed E-state index contributed by atoms with van der Waals surface area (Å²) in [4.78, 5) is 55.0. The maximum absolute atomic E-state index is 12.6. The molecule has 4 unspecified atom stereocenters. The number of amides is 3. The molecular formula is C18H31N7O7. The maximum atomic E-state index is 12.6. The van der Waals surface area contributed by atoms with Crippen LogP contribution in [0.4, 0.5) is 0 Å². The molecule has 0 aliphatic carbocycles. The maximum Gasteiger partial charge on any atom is 0.328 e. The fourth-order valence-electron chi connectivity index (χ4n) is 2.69. The van der Waals surface area contributed by atoms with Crippen molar-refractivity contribution in [1.29, 1.82) is 0 Å². The number of carboxylic acids is 1. The first-order valence-corrected chi connectivity index (χ1v) is 10.0. The third-order valence-corrected chi connectivity index (χ3v) is 4.52. The topological polar surface area (TPSA) is 246 Å². The zero-order valence-electron chi connectivity index (χ0n) is 17.5. The number of carboxylic acid groups (broad SMARTS) is 1. The first-order chi connectivity index (χ1) is 15.2. The minimum absolute atomic E-state index is 0.119. The van der Waals surface area contributed by atoms with Crippen molar-refractivity contribution >= 4 is 23.7 Å². The Bertz CT molecular complexity index is 744. The Labute approximate surface area is 184 Å². The summed E-state index contributed by atoms with van der Waals surface area (Å²) in [6.07, 6.45) is 4.14. The molecule has 4 atom stereocenters. The molecule has 3 amide bonds. The number of imidazole rings is 1. The third-order valence-electron chi connectivity index (χ3n) is 4.52. The highest BCUT2D eigenvalue weighted by Gasteiger charge is 2.29. The number of nitrogens with zero attached hydrogens (tertiary/aromatic N) is 1. The predicted molar refractivity (Wildman–Crippen MR) is 111 cm³/mol. The third kappa shape index (κ3) is 8.97. The van der Waals surface area contributed by atoms with Gasteiger partial charge in [-0.25, -0.2) is 9.78 Å². The highest BCUT2D eigenvalue weighted by Crippen LogP contribution is 2.03. The zero-order chi connectivity index (χ0) is 24.1. The number of aliphatic hydroxyl groups excluding tert-OH is 2. The summed E-state index contributed by atoms with van der Waals surface area (Å²) in [6, 6.07) is -5.15. The van der Waals surface area contributed by atoms with E-state index in [0.29, 0.717) is 25.1 Å². The average molecular weight is 457 g/mol. The lowest BCUT2D eigenvalue weighted by molar-refractivity contribution is -0.143. The van der Waals surface area contributed by atoms with Crippen LogP contribution >= 0.6 is 0 Å². The summed E-state index contributed by atoms with van der Waals surface area (Å²) in [5, 5.41) is 34.5. The van der Waals surface area contributed by atoms with Gasteiger partial charge in [-0.15, -0.1) is 0 Å². The van der Waals surface area contributed by atoms with E-state index in [1.807, 2.05) is 0 Å². The summed E-state index contributed by atoms with van der Waals surface area (Å²) >= 11 is 0. The number of hydrogen-bond donors (Lipinski definition) is 9. The molecule has 14 nitrogen and oxygen atoms in total. The van der Waals surface area contributed by atoms with Crippen molar-refractivity contribution < 1.29 is 34.5 Å². The molecule has 1 heterocycles. The van der Waals surface area contributed by atoms with Crippen LogP contribution < -0.4 is 27.4 Å². The van der Waals surface area contributed by atoms with Crippen LogP contribution in [0.1, 0.15) is 25.0 Å². The molecular weight excluding hydrogens is 426 g/mol. The van der Waals surface area contributed by atoms with E-state index in [1.54, 1.807) is 0 Å². The van der Waals surface area contributed by atoms with Gasteiger partial charge in [-0.05, 0) is 25.8 Å². The second-order valence-corrected chi connectivity index (χ2v) is 7.06. The van der Waals surface area contributed by atoms with Crippen molar-refractivity contribution in [1.82, 2.24) is 25.9 Å². The van der Waals surface area contributed by atoms with Crippen molar-refractivity contribution in [3.63, 3.8) is 0 Å². The molecule has 0 aliphatic rings. The normalized spacial score (nSPS) is 14.6. The van der Waals surface area contributed by atoms with Crippen LogP contribution in [0.3, 0.4) is 0 Å². The fraction of sp³-hybridized carbons (Fsp3) is 0.611. The highest BCUT2D eigenvalue weighted by atomic mass is 16.4. The Morgan fingerprint density at radius 2 is 1.56 bits per heavy atom. The number of H-pyrrole nitrogens is 1. The summed E-state index contributed by atoms with van der Waals surface area (Å²) in [5.74, 6) is -3.85. The van der Waals surface area contributed by atoms with E-state index in [4.69, 9.17) is 21.7 Å². The van der Waals surface area contributed by atoms with Gasteiger partial charge in [-0.3, -0.25) is 14.4 Å². The lowest BCUT2D eigenvalue weighted by Gasteiger charge is -2.24. The SMILES string of the molecule is NCCCCC(NC(=O)C(CO)NC(=O)C(N)Cc1cnc[nH]1)C(=O)NC(CO)C(=O)O. The fourth-order valence-corrected chi connectivity index (χ4v) is 2.69. The van der Waals surface area contributed by atoms with Gasteiger partial charge in [0, 0.05) is 18.3 Å². The van der Waals surface area contributed by atoms with Crippen molar-refractivity contribution in [2.75, 3.05) is 19.8 Å². The second-order valence-electron chi connectivity index (χ2n) is 7.06. The Morgan fingerprint density at radius 3 is 2.09 bits per heavy atom. The van der Waals surface area contributed by atoms with Crippen molar-refractivity contribution in [2.24, 2.45) is 11.5 Å². The first-order valence-electron chi connectivity index (χ1n) is 10.0. The molecule has 0 saturated carbocycles. The Balaban J connectivity index is 2.77. The van der Waals surface area contributed by atoms with E-state index in [-0.39, 0.29) is 12.8 Å². The number of aromatic nitrogens is 2. The Kier molecular flexibility index (Phi) is 11.9. The smallest absolute Gasteiger partial charge is 0.328 e. The summed E-state index contributed by atoms with van der Waals surface area (Å²) < 4.78 is 0. The molecule has 11 N–H and O–H groups in total. The van der Waals surface area contributed by atoms with Gasteiger partial charge in [0.05, 0.1) is 25.6 Å². The van der Waals surface area contributed by atoms with Crippen molar-refractivity contribution in [3.05, 3.63) is 18.2 Å². The second kappa shape index (κ2) is 14.1. The number of rotatable bonds is 15. The van der Waals surface area contributed by atoms with Crippen molar-refractivity contribution in [3.8, 4) is 0 Å². The highest BCUT2D eigenvalue weighted by molar-refractivity contribution is 5.94. The molecule has 0 aliphatic heterocycles. The van der Waals surface area contributed by atoms with Crippen LogP contribution in [0.2, 0.25) is 0 Å². The molecule has 1 rings (SSSR count). The van der Waals surface area contributed by atoms with Crippen LogP contribution in [0.15, 0.2) is 12.5 Å². The molecule has 32 heavy (non-hydrogen) atoms. The molecule has 1 aromatic heterocycles. The quantitative estimate of drug-likeness (QED) is 0.115. The monoisotopic (exact) mass is 457 g/mol. The number of aromatic amines is 1. The number of hydrogen-bond acceptors (Lipinski definition) is 9. The summed E-state index contributed by atoms with van der Waals surface area (Å²) in [7, 11) is 0. The van der Waals surface area contributed by atoms with Gasteiger partial charge < -0.3 is 47.7 Å². The molecule has 0 radical (unpaired) electrons. The molecule has 0 bridgehead atoms. The minimum atomic E-state index is -1.55. The van der Waals surface area contributed by atoms with Crippen LogP contribution in [0.5, 0.6) is 0 Å². The lowest BCUT2D eigenvalue weighted by Crippen LogP contribution is -2.58. The molecule has 1 aromatic rings. The summed E-state index contributed by atoms with van der Waals surface area (Å²) in [6.45, 7) is -1.26. The lowest BCUT2D eigenvalue weighted by atomic mass is 10.1. The van der Waals surface area contributed by atoms with Crippen molar-refractivity contribution in [2.45, 2.75) is 49.9 Å². The molecule has 0 spiro atoms. The van der Waals surface area contributed by atoms with Gasteiger partial charge in [0.15, 0.2) is 0 Å². The number of aliphatic carboxylic acids is 1. The minimum Gasteiger partial charge on any atom is -0.480 e. The Hall–Kier alpha value is -3.07. The van der Waals surface area contributed by atoms with Crippen LogP contribution in [0, 0.1) is 0 Å². The van der Waals surface area contributed by atoms with Gasteiger partial charge in [0.2, 0.25) is 17.7 Å². The number of aliphatic hydroxyl groups is 2. The standard InChI is InChI=1S/C18H31N7O7/c19-4-2-1-3-12(16(29)25-14(8-27)18(31)32)23-17(30)13(7-26)24-15(28)11(20)5-10-6-21-9-22-10/h6,9,11-14,26-27H,1-5,7-8,19-20H2,(H,21,22)(H,23,30)(H,24,28)(H,25,29)(H,31,32). The zero-order valence-corrected chi connectivity index (χ0v) is 17.5. The van der Waals surface area contributed by atoms with E-state index in [9.17, 15) is 24.3 Å². The van der Waals surface area contributed by atoms with Gasteiger partial charge in [-0.2, -0.15) is 0 Å². The van der Waals surface area contributed by atoms with Crippen LogP contribution in [-0.4, -0.2) is 92.9 Å². The molecule has 0 fully saturated rings. The molecule has 14 heteroatoms. The molecule has 180 valence electrons. The Morgan fingerprint density at radius 1 is 0.969 bits per heavy atom. The van der Waals surface area contributed by atoms with E-state index in [1.165, 1.54) is 12.5 Å². The van der Waals surface area contributed by atoms with E-state index >= 15 is 0 Å². The first kappa shape index (κ1) is 27.0. The van der Waals surface area contributed by atoms with E-state index < -0.39 is 61.1 Å². The average Bonchev–Trinajstić information content (AvgIpc) is 3.27. The predicted octanol–water partition coefficient (Wildman–Crippen LogP) is -4.07. The van der Waals surface area contributed by atoms with Gasteiger partial charge in [0.25, 0.3) is 0 Å². The van der Waals surface area contributed by atoms with Gasteiger partial charge in [0.1, 0.15) is 18.1 Å². The van der Waals surface area contributed by atoms with Gasteiger partial charge in [-0.1, -0.05) is 0 Å². The number of carbonyl (C=O) groups excluding carboxylic acids is 3. The van der Waals surface area contributed by atoms with Crippen LogP contribution in [0.25, 0.3) is 0 Å². The number of nitrogens with one attached hydrogen (secondary N) is 4. The number of unbranched alkanes of at least 4 members (excludes halogenated alkanes) is 1. The molecule has 0 saturated heterocycles. The largest absolute Gasteiger partial charge is 0.480 e. The van der Waals surface area contributed by atoms with Crippen LogP contribution in [-0.2, 0) is 25.6 Å².